The van der Waals surface area contributed by atoms with E-state index in [0.29, 0.717) is 11.1 Å². The predicted molar refractivity (Wildman–Crippen MR) is 198 cm³/mol. The van der Waals surface area contributed by atoms with Crippen molar-refractivity contribution in [1.29, 1.82) is 0 Å². The van der Waals surface area contributed by atoms with E-state index in [1.807, 2.05) is 0 Å². The highest BCUT2D eigenvalue weighted by molar-refractivity contribution is 6.96. The SMILES string of the molecule is CC(C)[Si](C1=Cc2c(cccc2-c2cccc3ccccc23)C1)(C1=Cc2c(cccc2-c2cccc3ccccc23)C1)C(C)C. The zero-order valence-corrected chi connectivity index (χ0v) is 27.8. The maximum Gasteiger partial charge on any atom is 0.114 e. The summed E-state index contributed by atoms with van der Waals surface area (Å²) in [6, 6.07) is 45.2. The third kappa shape index (κ3) is 4.32. The smallest absolute Gasteiger partial charge is 0.0704 e. The fourth-order valence-corrected chi connectivity index (χ4v) is 15.5. The van der Waals surface area contributed by atoms with Crippen molar-refractivity contribution in [2.75, 3.05) is 0 Å². The van der Waals surface area contributed by atoms with Gasteiger partial charge in [-0.2, -0.15) is 0 Å². The lowest BCUT2D eigenvalue weighted by atomic mass is 9.93. The number of rotatable bonds is 6. The molecule has 0 unspecified atom stereocenters. The number of hydrogen-bond donors (Lipinski definition) is 0. The van der Waals surface area contributed by atoms with E-state index in [-0.39, 0.29) is 0 Å². The maximum atomic E-state index is 2.65. The van der Waals surface area contributed by atoms with Crippen LogP contribution < -0.4 is 0 Å². The van der Waals surface area contributed by atoms with Crippen molar-refractivity contribution < 1.29 is 0 Å². The first-order valence-corrected chi connectivity index (χ1v) is 18.7. The molecule has 0 aromatic heterocycles. The minimum atomic E-state index is -2.11. The molecule has 2 aliphatic rings. The maximum absolute atomic E-state index is 2.65. The monoisotopic (exact) mass is 596 g/mol. The highest BCUT2D eigenvalue weighted by atomic mass is 28.3. The standard InChI is InChI=1S/C44H40Si/c1-29(2)45(30(3)4,35-25-33-17-11-23-41(43(33)27-35)39-21-9-15-31-13-5-7-19-37(31)39)36-26-34-18-12-24-42(44(34)28-36)40-22-10-16-32-14-6-8-20-38(32)40/h5-24,27-30H,25-26H2,1-4H3. The number of fused-ring (bicyclic) bond motifs is 4. The fraction of sp³-hybridized carbons (Fsp3) is 0.182. The second-order valence-corrected chi connectivity index (χ2v) is 19.0. The van der Waals surface area contributed by atoms with Gasteiger partial charge in [0.2, 0.25) is 0 Å². The van der Waals surface area contributed by atoms with E-state index in [0.717, 1.165) is 12.8 Å². The van der Waals surface area contributed by atoms with Crippen LogP contribution in [-0.2, 0) is 12.8 Å². The normalized spacial score (nSPS) is 14.3. The van der Waals surface area contributed by atoms with E-state index >= 15 is 0 Å². The van der Waals surface area contributed by atoms with E-state index in [1.54, 1.807) is 10.4 Å². The van der Waals surface area contributed by atoms with Crippen LogP contribution in [-0.4, -0.2) is 8.07 Å². The molecule has 220 valence electrons. The van der Waals surface area contributed by atoms with Crippen LogP contribution in [0.5, 0.6) is 0 Å². The Kier molecular flexibility index (Phi) is 6.77. The van der Waals surface area contributed by atoms with Crippen molar-refractivity contribution in [1.82, 2.24) is 0 Å². The van der Waals surface area contributed by atoms with Crippen LogP contribution in [0.2, 0.25) is 11.1 Å². The summed E-state index contributed by atoms with van der Waals surface area (Å²) in [6.07, 6.45) is 7.43. The van der Waals surface area contributed by atoms with Gasteiger partial charge < -0.3 is 0 Å². The highest BCUT2D eigenvalue weighted by Gasteiger charge is 2.48. The molecule has 0 spiro atoms. The zero-order chi connectivity index (χ0) is 30.7. The van der Waals surface area contributed by atoms with Gasteiger partial charge in [-0.3, -0.25) is 0 Å². The molecule has 0 fully saturated rings. The molecule has 2 aliphatic carbocycles. The second-order valence-electron chi connectivity index (χ2n) is 13.7. The summed E-state index contributed by atoms with van der Waals surface area (Å²) in [4.78, 5) is 0. The molecule has 6 aromatic rings. The average molecular weight is 597 g/mol. The third-order valence-corrected chi connectivity index (χ3v) is 17.2. The molecular weight excluding hydrogens is 557 g/mol. The minimum Gasteiger partial charge on any atom is -0.0704 e. The Morgan fingerprint density at radius 1 is 0.422 bits per heavy atom. The van der Waals surface area contributed by atoms with Gasteiger partial charge in [-0.1, -0.05) is 172 Å². The van der Waals surface area contributed by atoms with Crippen LogP contribution >= 0.6 is 0 Å². The Bertz CT molecular complexity index is 2010. The molecule has 0 amide bonds. The van der Waals surface area contributed by atoms with Gasteiger partial charge in [0.05, 0.1) is 0 Å². The first-order chi connectivity index (χ1) is 22.0. The van der Waals surface area contributed by atoms with Crippen LogP contribution in [0.25, 0.3) is 56.0 Å². The fourth-order valence-electron chi connectivity index (χ4n) is 9.01. The summed E-state index contributed by atoms with van der Waals surface area (Å²) >= 11 is 0. The molecular formula is C44H40Si. The minimum absolute atomic E-state index is 0.598. The summed E-state index contributed by atoms with van der Waals surface area (Å²) in [7, 11) is -2.11. The van der Waals surface area contributed by atoms with Gasteiger partial charge in [-0.05, 0) is 90.0 Å². The van der Waals surface area contributed by atoms with Crippen molar-refractivity contribution in [3.63, 3.8) is 0 Å². The number of allylic oxidation sites excluding steroid dienone is 2. The molecule has 6 aromatic carbocycles. The molecule has 0 heterocycles. The molecule has 1 heteroatoms. The van der Waals surface area contributed by atoms with Gasteiger partial charge in [0.1, 0.15) is 8.07 Å². The first-order valence-electron chi connectivity index (χ1n) is 16.6. The van der Waals surface area contributed by atoms with E-state index in [1.165, 1.54) is 66.1 Å². The highest BCUT2D eigenvalue weighted by Crippen LogP contribution is 2.52. The lowest BCUT2D eigenvalue weighted by Crippen LogP contribution is -2.46. The van der Waals surface area contributed by atoms with Crippen LogP contribution in [0.3, 0.4) is 0 Å². The van der Waals surface area contributed by atoms with E-state index < -0.39 is 8.07 Å². The van der Waals surface area contributed by atoms with Gasteiger partial charge in [0.25, 0.3) is 0 Å². The van der Waals surface area contributed by atoms with Crippen LogP contribution in [0.4, 0.5) is 0 Å². The summed E-state index contributed by atoms with van der Waals surface area (Å²) in [6.45, 7) is 10.0. The van der Waals surface area contributed by atoms with Crippen LogP contribution in [0.15, 0.2) is 132 Å². The molecule has 45 heavy (non-hydrogen) atoms. The number of hydrogen-bond acceptors (Lipinski definition) is 0. The van der Waals surface area contributed by atoms with Gasteiger partial charge >= 0.3 is 0 Å². The third-order valence-electron chi connectivity index (χ3n) is 10.8. The molecule has 0 saturated heterocycles. The largest absolute Gasteiger partial charge is 0.114 e. The van der Waals surface area contributed by atoms with Gasteiger partial charge in [-0.25, -0.2) is 0 Å². The predicted octanol–water partition coefficient (Wildman–Crippen LogP) is 12.3. The Labute approximate surface area is 268 Å². The molecule has 0 nitrogen and oxygen atoms in total. The van der Waals surface area contributed by atoms with Crippen molar-refractivity contribution in [2.45, 2.75) is 51.6 Å². The molecule has 8 rings (SSSR count). The Hall–Kier alpha value is -4.46. The number of benzene rings is 6. The Morgan fingerprint density at radius 3 is 1.24 bits per heavy atom. The zero-order valence-electron chi connectivity index (χ0n) is 26.8. The molecule has 0 atom stereocenters. The summed E-state index contributed by atoms with van der Waals surface area (Å²) in [5, 5.41) is 8.70. The molecule has 0 aliphatic heterocycles. The van der Waals surface area contributed by atoms with Crippen molar-refractivity contribution in [2.24, 2.45) is 0 Å². The molecule has 0 saturated carbocycles. The van der Waals surface area contributed by atoms with Gasteiger partial charge in [-0.15, -0.1) is 0 Å². The van der Waals surface area contributed by atoms with Gasteiger partial charge in [0, 0.05) is 0 Å². The van der Waals surface area contributed by atoms with Crippen molar-refractivity contribution in [3.05, 3.63) is 154 Å². The Balaban J connectivity index is 1.28. The quantitative estimate of drug-likeness (QED) is 0.168. The molecule has 0 bridgehead atoms. The molecule has 0 N–H and O–H groups in total. The second kappa shape index (κ2) is 10.9. The molecule has 0 radical (unpaired) electrons. The van der Waals surface area contributed by atoms with Crippen LogP contribution in [0.1, 0.15) is 49.9 Å². The van der Waals surface area contributed by atoms with E-state index in [9.17, 15) is 0 Å². The van der Waals surface area contributed by atoms with Gasteiger partial charge in [0.15, 0.2) is 0 Å². The lowest BCUT2D eigenvalue weighted by molar-refractivity contribution is 0.896. The van der Waals surface area contributed by atoms with Crippen molar-refractivity contribution in [3.8, 4) is 22.3 Å². The average Bonchev–Trinajstić information content (AvgIpc) is 3.69. The topological polar surface area (TPSA) is 0 Å². The van der Waals surface area contributed by atoms with E-state index in [4.69, 9.17) is 0 Å². The van der Waals surface area contributed by atoms with Crippen molar-refractivity contribution >= 4 is 41.8 Å². The first kappa shape index (κ1) is 28.0. The lowest BCUT2D eigenvalue weighted by Gasteiger charge is -2.42. The van der Waals surface area contributed by atoms with E-state index in [2.05, 4.69) is 161 Å². The summed E-state index contributed by atoms with van der Waals surface area (Å²) < 4.78 is 0. The summed E-state index contributed by atoms with van der Waals surface area (Å²) in [5.74, 6) is 0. The van der Waals surface area contributed by atoms with Crippen LogP contribution in [0, 0.1) is 0 Å². The summed E-state index contributed by atoms with van der Waals surface area (Å²) in [5.41, 5.74) is 12.5. The Morgan fingerprint density at radius 2 is 0.800 bits per heavy atom.